The quantitative estimate of drug-likeness (QED) is 0.759. The summed E-state index contributed by atoms with van der Waals surface area (Å²) in [6, 6.07) is 18.5. The van der Waals surface area contributed by atoms with Gasteiger partial charge in [-0.15, -0.1) is 0 Å². The maximum atomic E-state index is 6.37. The summed E-state index contributed by atoms with van der Waals surface area (Å²) < 4.78 is 1.06. The van der Waals surface area contributed by atoms with Crippen molar-refractivity contribution in [2.45, 2.75) is 19.4 Å². The van der Waals surface area contributed by atoms with E-state index in [-0.39, 0.29) is 6.04 Å². The fraction of sp³-hybridized carbons (Fsp3) is 0.167. The first-order valence-electron chi connectivity index (χ1n) is 7.00. The normalized spacial score (nSPS) is 12.5. The standard InChI is InChI=1S/C18H17BrN2/c1-12-6-9-16(19)15(10-12)17(20)11-14-8-7-13-4-2-3-5-18(13)21-14/h2-10,17H,11,20H2,1H3. The van der Waals surface area contributed by atoms with Gasteiger partial charge in [-0.25, -0.2) is 0 Å². The fourth-order valence-corrected chi connectivity index (χ4v) is 3.05. The zero-order valence-corrected chi connectivity index (χ0v) is 13.5. The van der Waals surface area contributed by atoms with Gasteiger partial charge in [0, 0.05) is 28.0 Å². The predicted octanol–water partition coefficient (Wildman–Crippen LogP) is 4.55. The summed E-state index contributed by atoms with van der Waals surface area (Å²) in [4.78, 5) is 4.70. The van der Waals surface area contributed by atoms with Crippen molar-refractivity contribution in [2.75, 3.05) is 0 Å². The third-order valence-electron chi connectivity index (χ3n) is 3.64. The van der Waals surface area contributed by atoms with E-state index in [4.69, 9.17) is 10.7 Å². The molecule has 0 amide bonds. The Bertz CT molecular complexity index is 783. The van der Waals surface area contributed by atoms with E-state index in [9.17, 15) is 0 Å². The molecule has 3 aromatic rings. The second-order valence-corrected chi connectivity index (χ2v) is 6.19. The van der Waals surface area contributed by atoms with E-state index < -0.39 is 0 Å². The van der Waals surface area contributed by atoms with Crippen LogP contribution in [-0.4, -0.2) is 4.98 Å². The molecule has 0 saturated heterocycles. The molecule has 1 unspecified atom stereocenters. The molecule has 1 atom stereocenters. The van der Waals surface area contributed by atoms with Gasteiger partial charge in [0.2, 0.25) is 0 Å². The van der Waals surface area contributed by atoms with E-state index in [1.54, 1.807) is 0 Å². The molecule has 1 aromatic heterocycles. The van der Waals surface area contributed by atoms with Crippen molar-refractivity contribution >= 4 is 26.8 Å². The molecular formula is C18H17BrN2. The van der Waals surface area contributed by atoms with E-state index >= 15 is 0 Å². The minimum absolute atomic E-state index is 0.0621. The molecule has 0 fully saturated rings. The molecular weight excluding hydrogens is 324 g/mol. The first-order chi connectivity index (χ1) is 10.1. The van der Waals surface area contributed by atoms with Crippen molar-refractivity contribution in [2.24, 2.45) is 5.73 Å². The Morgan fingerprint density at radius 2 is 1.90 bits per heavy atom. The molecule has 3 heteroatoms. The van der Waals surface area contributed by atoms with Crippen molar-refractivity contribution in [3.05, 3.63) is 75.9 Å². The summed E-state index contributed by atoms with van der Waals surface area (Å²) >= 11 is 3.58. The Kier molecular flexibility index (Phi) is 4.04. The Morgan fingerprint density at radius 1 is 1.10 bits per heavy atom. The molecule has 2 aromatic carbocycles. The number of aromatic nitrogens is 1. The molecule has 0 aliphatic heterocycles. The highest BCUT2D eigenvalue weighted by Gasteiger charge is 2.12. The Morgan fingerprint density at radius 3 is 2.76 bits per heavy atom. The molecule has 0 aliphatic rings. The number of pyridine rings is 1. The molecule has 0 spiro atoms. The summed E-state index contributed by atoms with van der Waals surface area (Å²) in [5.74, 6) is 0. The minimum atomic E-state index is -0.0621. The van der Waals surface area contributed by atoms with Crippen LogP contribution in [0.5, 0.6) is 0 Å². The second kappa shape index (κ2) is 5.96. The minimum Gasteiger partial charge on any atom is -0.324 e. The van der Waals surface area contributed by atoms with Crippen LogP contribution in [0.25, 0.3) is 10.9 Å². The zero-order chi connectivity index (χ0) is 14.8. The van der Waals surface area contributed by atoms with Gasteiger partial charge in [-0.1, -0.05) is 57.9 Å². The third-order valence-corrected chi connectivity index (χ3v) is 4.36. The lowest BCUT2D eigenvalue weighted by Gasteiger charge is -2.14. The van der Waals surface area contributed by atoms with Gasteiger partial charge in [0.1, 0.15) is 0 Å². The van der Waals surface area contributed by atoms with Gasteiger partial charge < -0.3 is 5.73 Å². The first kappa shape index (κ1) is 14.2. The van der Waals surface area contributed by atoms with Crippen LogP contribution >= 0.6 is 15.9 Å². The van der Waals surface area contributed by atoms with Gasteiger partial charge in [0.15, 0.2) is 0 Å². The Balaban J connectivity index is 1.88. The number of aryl methyl sites for hydroxylation is 1. The molecule has 2 N–H and O–H groups in total. The van der Waals surface area contributed by atoms with Gasteiger partial charge in [0.25, 0.3) is 0 Å². The van der Waals surface area contributed by atoms with Crippen LogP contribution in [0.1, 0.15) is 22.9 Å². The zero-order valence-electron chi connectivity index (χ0n) is 11.9. The van der Waals surface area contributed by atoms with E-state index in [2.05, 4.69) is 59.3 Å². The van der Waals surface area contributed by atoms with E-state index in [0.29, 0.717) is 0 Å². The Labute approximate surface area is 133 Å². The van der Waals surface area contributed by atoms with Crippen molar-refractivity contribution in [3.8, 4) is 0 Å². The number of halogens is 1. The van der Waals surface area contributed by atoms with Gasteiger partial charge in [-0.3, -0.25) is 4.98 Å². The van der Waals surface area contributed by atoms with Gasteiger partial charge >= 0.3 is 0 Å². The van der Waals surface area contributed by atoms with Crippen LogP contribution in [0.15, 0.2) is 59.1 Å². The summed E-state index contributed by atoms with van der Waals surface area (Å²) in [6.45, 7) is 2.08. The molecule has 0 aliphatic carbocycles. The van der Waals surface area contributed by atoms with Crippen LogP contribution in [0.2, 0.25) is 0 Å². The molecule has 21 heavy (non-hydrogen) atoms. The largest absolute Gasteiger partial charge is 0.324 e. The highest BCUT2D eigenvalue weighted by atomic mass is 79.9. The lowest BCUT2D eigenvalue weighted by Crippen LogP contribution is -2.15. The van der Waals surface area contributed by atoms with Crippen LogP contribution in [0.4, 0.5) is 0 Å². The van der Waals surface area contributed by atoms with Crippen molar-refractivity contribution in [3.63, 3.8) is 0 Å². The highest BCUT2D eigenvalue weighted by Crippen LogP contribution is 2.25. The van der Waals surface area contributed by atoms with Crippen LogP contribution in [-0.2, 0) is 6.42 Å². The SMILES string of the molecule is Cc1ccc(Br)c(C(N)Cc2ccc3ccccc3n2)c1. The van der Waals surface area contributed by atoms with E-state index in [1.807, 2.05) is 18.2 Å². The molecule has 0 bridgehead atoms. The van der Waals surface area contributed by atoms with Gasteiger partial charge in [0.05, 0.1) is 5.52 Å². The lowest BCUT2D eigenvalue weighted by molar-refractivity contribution is 0.705. The molecule has 106 valence electrons. The van der Waals surface area contributed by atoms with E-state index in [0.717, 1.165) is 33.1 Å². The van der Waals surface area contributed by atoms with Crippen LogP contribution in [0.3, 0.4) is 0 Å². The average Bonchev–Trinajstić information content (AvgIpc) is 2.49. The molecule has 0 radical (unpaired) electrons. The monoisotopic (exact) mass is 340 g/mol. The maximum absolute atomic E-state index is 6.37. The lowest BCUT2D eigenvalue weighted by atomic mass is 10.0. The van der Waals surface area contributed by atoms with Crippen molar-refractivity contribution < 1.29 is 0 Å². The molecule has 1 heterocycles. The summed E-state index contributed by atoms with van der Waals surface area (Å²) in [6.07, 6.45) is 0.729. The topological polar surface area (TPSA) is 38.9 Å². The molecule has 3 rings (SSSR count). The van der Waals surface area contributed by atoms with Crippen LogP contribution in [0, 0.1) is 6.92 Å². The van der Waals surface area contributed by atoms with Crippen molar-refractivity contribution in [1.29, 1.82) is 0 Å². The number of rotatable bonds is 3. The number of nitrogens with zero attached hydrogens (tertiary/aromatic N) is 1. The second-order valence-electron chi connectivity index (χ2n) is 5.33. The summed E-state index contributed by atoms with van der Waals surface area (Å²) in [5, 5.41) is 1.16. The fourth-order valence-electron chi connectivity index (χ4n) is 2.50. The number of nitrogens with two attached hydrogens (primary N) is 1. The average molecular weight is 341 g/mol. The third kappa shape index (κ3) is 3.14. The van der Waals surface area contributed by atoms with Crippen LogP contribution < -0.4 is 5.73 Å². The summed E-state index contributed by atoms with van der Waals surface area (Å²) in [5.41, 5.74) is 10.8. The smallest absolute Gasteiger partial charge is 0.0705 e. The summed E-state index contributed by atoms with van der Waals surface area (Å²) in [7, 11) is 0. The van der Waals surface area contributed by atoms with Crippen molar-refractivity contribution in [1.82, 2.24) is 4.98 Å². The molecule has 2 nitrogen and oxygen atoms in total. The van der Waals surface area contributed by atoms with Gasteiger partial charge in [-0.05, 0) is 30.7 Å². The Hall–Kier alpha value is -1.71. The number of benzene rings is 2. The first-order valence-corrected chi connectivity index (χ1v) is 7.79. The molecule has 0 saturated carbocycles. The van der Waals surface area contributed by atoms with E-state index in [1.165, 1.54) is 5.56 Å². The van der Waals surface area contributed by atoms with Gasteiger partial charge in [-0.2, -0.15) is 0 Å². The number of fused-ring (bicyclic) bond motifs is 1. The predicted molar refractivity (Wildman–Crippen MR) is 91.3 cm³/mol. The maximum Gasteiger partial charge on any atom is 0.0705 e. The highest BCUT2D eigenvalue weighted by molar-refractivity contribution is 9.10. The number of hydrogen-bond acceptors (Lipinski definition) is 2. The number of para-hydroxylation sites is 1. The number of hydrogen-bond donors (Lipinski definition) is 1.